The van der Waals surface area contributed by atoms with Gasteiger partial charge in [-0.2, -0.15) is 13.2 Å². The molecule has 2 amide bonds. The van der Waals surface area contributed by atoms with Gasteiger partial charge in [-0.05, 0) is 30.5 Å². The second-order valence-electron chi connectivity index (χ2n) is 5.14. The normalized spacial score (nSPS) is 11.0. The lowest BCUT2D eigenvalue weighted by atomic mass is 10.1. The van der Waals surface area contributed by atoms with Crippen LogP contribution < -0.4 is 15.4 Å². The quantitative estimate of drug-likeness (QED) is 0.674. The Bertz CT molecular complexity index is 530. The molecule has 0 bridgehead atoms. The van der Waals surface area contributed by atoms with Crippen LogP contribution in [0.2, 0.25) is 0 Å². The second kappa shape index (κ2) is 9.79. The van der Waals surface area contributed by atoms with Gasteiger partial charge < -0.3 is 15.4 Å². The van der Waals surface area contributed by atoms with Gasteiger partial charge in [0.2, 0.25) is 0 Å². The van der Waals surface area contributed by atoms with Gasteiger partial charge in [0.05, 0.1) is 0 Å². The average Bonchev–Trinajstić information content (AvgIpc) is 2.53. The van der Waals surface area contributed by atoms with Gasteiger partial charge in [0.1, 0.15) is 5.75 Å². The number of halogens is 3. The molecule has 0 saturated heterocycles. The van der Waals surface area contributed by atoms with E-state index in [1.807, 2.05) is 12.1 Å². The largest absolute Gasteiger partial charge is 0.484 e. The number of carbonyl (C=O) groups is 2. The van der Waals surface area contributed by atoms with Crippen LogP contribution in [0.3, 0.4) is 0 Å². The summed E-state index contributed by atoms with van der Waals surface area (Å²) in [5.74, 6) is -1.79. The number of amides is 2. The number of hydrogen-bond donors (Lipinski definition) is 2. The molecular formula is C16H21F3N2O3. The number of rotatable bonds is 9. The van der Waals surface area contributed by atoms with Gasteiger partial charge in [0, 0.05) is 13.1 Å². The summed E-state index contributed by atoms with van der Waals surface area (Å²) in [7, 11) is 0. The molecule has 0 fully saturated rings. The maximum atomic E-state index is 11.9. The highest BCUT2D eigenvalue weighted by molar-refractivity contribution is 5.81. The van der Waals surface area contributed by atoms with Crippen molar-refractivity contribution in [2.24, 2.45) is 0 Å². The van der Waals surface area contributed by atoms with Crippen LogP contribution in [0.5, 0.6) is 5.75 Å². The van der Waals surface area contributed by atoms with E-state index in [0.717, 1.165) is 12.8 Å². The summed E-state index contributed by atoms with van der Waals surface area (Å²) in [4.78, 5) is 22.1. The predicted molar refractivity (Wildman–Crippen MR) is 82.6 cm³/mol. The maximum absolute atomic E-state index is 11.9. The van der Waals surface area contributed by atoms with Crippen molar-refractivity contribution in [3.8, 4) is 5.75 Å². The first kappa shape index (κ1) is 19.8. The van der Waals surface area contributed by atoms with Gasteiger partial charge in [0.15, 0.2) is 6.61 Å². The summed E-state index contributed by atoms with van der Waals surface area (Å²) in [5, 5.41) is 4.22. The van der Waals surface area contributed by atoms with E-state index >= 15 is 0 Å². The maximum Gasteiger partial charge on any atom is 0.471 e. The van der Waals surface area contributed by atoms with E-state index in [1.165, 1.54) is 5.56 Å². The molecule has 1 aromatic rings. The number of carbonyl (C=O) groups excluding carboxylic acids is 2. The molecule has 1 rings (SSSR count). The monoisotopic (exact) mass is 346 g/mol. The first-order valence-corrected chi connectivity index (χ1v) is 7.66. The number of ether oxygens (including phenoxy) is 1. The molecule has 0 spiro atoms. The van der Waals surface area contributed by atoms with E-state index in [0.29, 0.717) is 5.75 Å². The number of nitrogens with one attached hydrogen (secondary N) is 2. The fraction of sp³-hybridized carbons (Fsp3) is 0.500. The Labute approximate surface area is 138 Å². The lowest BCUT2D eigenvalue weighted by Gasteiger charge is -2.09. The zero-order valence-corrected chi connectivity index (χ0v) is 13.4. The van der Waals surface area contributed by atoms with E-state index in [9.17, 15) is 22.8 Å². The van der Waals surface area contributed by atoms with E-state index in [2.05, 4.69) is 12.2 Å². The zero-order chi connectivity index (χ0) is 18.0. The minimum atomic E-state index is -4.89. The molecule has 1 aromatic carbocycles. The molecule has 0 aliphatic rings. The van der Waals surface area contributed by atoms with Crippen molar-refractivity contribution in [2.45, 2.75) is 32.4 Å². The summed E-state index contributed by atoms with van der Waals surface area (Å²) in [6, 6.07) is 7.43. The lowest BCUT2D eigenvalue weighted by molar-refractivity contribution is -0.173. The molecule has 0 aliphatic heterocycles. The van der Waals surface area contributed by atoms with Crippen molar-refractivity contribution < 1.29 is 27.5 Å². The van der Waals surface area contributed by atoms with Gasteiger partial charge in [-0.25, -0.2) is 0 Å². The topological polar surface area (TPSA) is 67.4 Å². The number of aryl methyl sites for hydroxylation is 1. The van der Waals surface area contributed by atoms with Crippen LogP contribution in [0.4, 0.5) is 13.2 Å². The highest BCUT2D eigenvalue weighted by Crippen LogP contribution is 2.14. The third kappa shape index (κ3) is 7.85. The Kier molecular flexibility index (Phi) is 8.08. The molecule has 24 heavy (non-hydrogen) atoms. The van der Waals surface area contributed by atoms with Crippen molar-refractivity contribution in [1.29, 1.82) is 0 Å². The molecule has 0 unspecified atom stereocenters. The van der Waals surface area contributed by atoms with Gasteiger partial charge >= 0.3 is 12.1 Å². The second-order valence-corrected chi connectivity index (χ2v) is 5.14. The molecule has 0 heterocycles. The Morgan fingerprint density at radius 3 is 2.29 bits per heavy atom. The highest BCUT2D eigenvalue weighted by Gasteiger charge is 2.38. The number of hydrogen-bond acceptors (Lipinski definition) is 3. The molecule has 5 nitrogen and oxygen atoms in total. The average molecular weight is 346 g/mol. The smallest absolute Gasteiger partial charge is 0.471 e. The Hall–Kier alpha value is -2.25. The minimum Gasteiger partial charge on any atom is -0.484 e. The molecule has 0 aromatic heterocycles. The molecule has 8 heteroatoms. The van der Waals surface area contributed by atoms with Crippen molar-refractivity contribution in [1.82, 2.24) is 10.6 Å². The van der Waals surface area contributed by atoms with Crippen molar-refractivity contribution in [2.75, 3.05) is 19.7 Å². The number of alkyl halides is 3. The predicted octanol–water partition coefficient (Wildman–Crippen LogP) is 2.20. The van der Waals surface area contributed by atoms with E-state index < -0.39 is 12.1 Å². The third-order valence-electron chi connectivity index (χ3n) is 3.05. The van der Waals surface area contributed by atoms with Crippen LogP contribution in [0.15, 0.2) is 24.3 Å². The summed E-state index contributed by atoms with van der Waals surface area (Å²) in [6.45, 7) is 1.89. The molecule has 0 radical (unpaired) electrons. The molecule has 2 N–H and O–H groups in total. The molecule has 0 atom stereocenters. The van der Waals surface area contributed by atoms with Gasteiger partial charge in [0.25, 0.3) is 5.91 Å². The minimum absolute atomic E-state index is 0.149. The highest BCUT2D eigenvalue weighted by atomic mass is 19.4. The summed E-state index contributed by atoms with van der Waals surface area (Å²) in [5.41, 5.74) is 1.19. The van der Waals surface area contributed by atoms with Crippen LogP contribution in [0.1, 0.15) is 25.3 Å². The van der Waals surface area contributed by atoms with Gasteiger partial charge in [-0.15, -0.1) is 0 Å². The van der Waals surface area contributed by atoms with Crippen LogP contribution in [-0.4, -0.2) is 37.7 Å². The Morgan fingerprint density at radius 2 is 1.71 bits per heavy atom. The summed E-state index contributed by atoms with van der Waals surface area (Å²) >= 11 is 0. The SMILES string of the molecule is CCCc1ccc(OCC(=O)NCCCNC(=O)C(F)(F)F)cc1. The Morgan fingerprint density at radius 1 is 1.08 bits per heavy atom. The summed E-state index contributed by atoms with van der Waals surface area (Å²) < 4.78 is 41.1. The molecular weight excluding hydrogens is 325 g/mol. The fourth-order valence-corrected chi connectivity index (χ4v) is 1.86. The first-order valence-electron chi connectivity index (χ1n) is 7.66. The van der Waals surface area contributed by atoms with Crippen LogP contribution >= 0.6 is 0 Å². The third-order valence-corrected chi connectivity index (χ3v) is 3.05. The van der Waals surface area contributed by atoms with Gasteiger partial charge in [-0.1, -0.05) is 25.5 Å². The van der Waals surface area contributed by atoms with E-state index in [4.69, 9.17) is 4.74 Å². The zero-order valence-electron chi connectivity index (χ0n) is 13.4. The van der Waals surface area contributed by atoms with Crippen LogP contribution in [0, 0.1) is 0 Å². The fourth-order valence-electron chi connectivity index (χ4n) is 1.86. The van der Waals surface area contributed by atoms with Gasteiger partial charge in [-0.3, -0.25) is 9.59 Å². The van der Waals surface area contributed by atoms with Crippen molar-refractivity contribution >= 4 is 11.8 Å². The number of benzene rings is 1. The molecule has 0 saturated carbocycles. The Balaban J connectivity index is 2.15. The van der Waals surface area contributed by atoms with Crippen molar-refractivity contribution in [3.05, 3.63) is 29.8 Å². The standard InChI is InChI=1S/C16H21F3N2O3/c1-2-4-12-5-7-13(8-6-12)24-11-14(22)20-9-3-10-21-15(23)16(17,18)19/h5-8H,2-4,9-11H2,1H3,(H,20,22)(H,21,23). The van der Waals surface area contributed by atoms with Crippen LogP contribution in [0.25, 0.3) is 0 Å². The van der Waals surface area contributed by atoms with E-state index in [1.54, 1.807) is 17.4 Å². The van der Waals surface area contributed by atoms with Crippen molar-refractivity contribution in [3.63, 3.8) is 0 Å². The van der Waals surface area contributed by atoms with Crippen LogP contribution in [-0.2, 0) is 16.0 Å². The lowest BCUT2D eigenvalue weighted by Crippen LogP contribution is -2.38. The first-order chi connectivity index (χ1) is 11.3. The molecule has 0 aliphatic carbocycles. The molecule has 134 valence electrons. The summed E-state index contributed by atoms with van der Waals surface area (Å²) in [6.07, 6.45) is -2.67. The van der Waals surface area contributed by atoms with E-state index in [-0.39, 0.29) is 32.0 Å².